The number of thioether (sulfide) groups is 3. The number of Topliss-reactive ketones (excluding diaryl/α,β-unsaturated/α-hetero) is 1. The van der Waals surface area contributed by atoms with Crippen molar-refractivity contribution in [2.24, 2.45) is 16.5 Å². The van der Waals surface area contributed by atoms with Crippen LogP contribution >= 0.6 is 35.3 Å². The summed E-state index contributed by atoms with van der Waals surface area (Å²) in [7, 11) is 0. The number of nitrogens with zero attached hydrogens (tertiary/aromatic N) is 1. The molecule has 9 amide bonds. The fourth-order valence-corrected chi connectivity index (χ4v) is 9.76. The molecule has 3 rings (SSSR count). The average Bonchev–Trinajstić information content (AvgIpc) is 3.28. The Kier molecular flexibility index (Phi) is 25.2. The zero-order chi connectivity index (χ0) is 50.9. The van der Waals surface area contributed by atoms with E-state index >= 15 is 0 Å². The van der Waals surface area contributed by atoms with Gasteiger partial charge in [-0.2, -0.15) is 0 Å². The molecular weight excluding hydrogens is 961 g/mol. The zero-order valence-corrected chi connectivity index (χ0v) is 40.7. The largest absolute Gasteiger partial charge is 0.481 e. The molecule has 2 bridgehead atoms. The summed E-state index contributed by atoms with van der Waals surface area (Å²) in [5.74, 6) is -9.89. The Morgan fingerprint density at radius 2 is 1.25 bits per heavy atom. The third-order valence-corrected chi connectivity index (χ3v) is 13.7. The van der Waals surface area contributed by atoms with Crippen molar-refractivity contribution in [1.82, 2.24) is 47.9 Å². The molecule has 2 aliphatic rings. The van der Waals surface area contributed by atoms with Gasteiger partial charge >= 0.3 is 5.97 Å². The lowest BCUT2D eigenvalue weighted by atomic mass is 10.0. The number of aliphatic carboxylic acids is 1. The Hall–Kier alpha value is -6.09. The second-order valence-electron chi connectivity index (χ2n) is 16.0. The number of guanidine groups is 1. The number of hydrogen-bond acceptors (Lipinski definition) is 15. The third kappa shape index (κ3) is 22.3. The van der Waals surface area contributed by atoms with E-state index in [1.54, 1.807) is 30.3 Å². The number of hydrogen-bond donors (Lipinski definition) is 12. The van der Waals surface area contributed by atoms with Gasteiger partial charge in [0, 0.05) is 48.8 Å². The number of amides is 9. The van der Waals surface area contributed by atoms with Crippen LogP contribution in [0.2, 0.25) is 0 Å². The van der Waals surface area contributed by atoms with Gasteiger partial charge in [0.2, 0.25) is 53.2 Å². The zero-order valence-electron chi connectivity index (χ0n) is 38.3. The molecule has 2 fully saturated rings. The molecule has 380 valence electrons. The summed E-state index contributed by atoms with van der Waals surface area (Å²) in [5.41, 5.74) is 11.5. The minimum absolute atomic E-state index is 0.0538. The Morgan fingerprint density at radius 1 is 0.667 bits per heavy atom. The van der Waals surface area contributed by atoms with Gasteiger partial charge in [0.05, 0.1) is 24.8 Å². The van der Waals surface area contributed by atoms with Gasteiger partial charge in [-0.1, -0.05) is 30.3 Å². The highest BCUT2D eigenvalue weighted by molar-refractivity contribution is 8.16. The molecule has 0 radical (unpaired) electrons. The molecule has 24 nitrogen and oxygen atoms in total. The first-order valence-corrected chi connectivity index (χ1v) is 25.5. The number of nitrogens with one attached hydrogen (secondary N) is 9. The van der Waals surface area contributed by atoms with Crippen molar-refractivity contribution in [3.8, 4) is 0 Å². The predicted octanol–water partition coefficient (Wildman–Crippen LogP) is -3.65. The molecule has 2 saturated heterocycles. The standard InChI is InChI=1S/C42H62N12O12S3/c1-23(55)30-18-67-21-34(58)48-27(11-6-7-13-45-24(2)56)37(62)53-31-19-68-22-69-20-32(41(66)51-28(38(63)52-30)15-25-9-4-3-5-10-25)54-39(64)29(16-35(59)60)49-33(57)17-47-36(61)26(50-40(31)65)12-8-14-46-42(43)44/h3-5,9-10,26-32H,6-8,11-22H2,1-2H3,(H,45,56)(H,47,61)(H,48,58)(H,49,57)(H,50,65)(H,51,66)(H,52,63)(H,53,62)(H,54,64)(H,59,60)(H4,43,44,46)/t26-,27-,28-,29-,30-,31-,32-/m0/s1. The van der Waals surface area contributed by atoms with Gasteiger partial charge in [-0.05, 0) is 44.6 Å². The van der Waals surface area contributed by atoms with Crippen LogP contribution in [0, 0.1) is 0 Å². The van der Waals surface area contributed by atoms with Crippen molar-refractivity contribution < 1.29 is 57.8 Å². The first-order chi connectivity index (χ1) is 32.8. The summed E-state index contributed by atoms with van der Waals surface area (Å²) >= 11 is 3.21. The smallest absolute Gasteiger partial charge is 0.305 e. The van der Waals surface area contributed by atoms with E-state index in [0.29, 0.717) is 24.9 Å². The first kappa shape index (κ1) is 57.2. The molecule has 0 aliphatic carbocycles. The van der Waals surface area contributed by atoms with Crippen molar-refractivity contribution in [3.05, 3.63) is 35.9 Å². The van der Waals surface area contributed by atoms with Gasteiger partial charge in [0.25, 0.3) is 0 Å². The monoisotopic (exact) mass is 1020 g/mol. The molecule has 2 aliphatic heterocycles. The van der Waals surface area contributed by atoms with Crippen molar-refractivity contribution in [3.63, 3.8) is 0 Å². The summed E-state index contributed by atoms with van der Waals surface area (Å²) < 4.78 is 0. The molecule has 14 N–H and O–H groups in total. The number of unbranched alkanes of at least 4 members (excludes halogenated alkanes) is 1. The Morgan fingerprint density at radius 3 is 1.86 bits per heavy atom. The van der Waals surface area contributed by atoms with Crippen molar-refractivity contribution in [1.29, 1.82) is 0 Å². The summed E-state index contributed by atoms with van der Waals surface area (Å²) in [6.07, 6.45) is -0.0341. The predicted molar refractivity (Wildman–Crippen MR) is 259 cm³/mol. The quantitative estimate of drug-likeness (QED) is 0.0486. The summed E-state index contributed by atoms with van der Waals surface area (Å²) in [6.45, 7) is 2.14. The van der Waals surface area contributed by atoms with Crippen LogP contribution < -0.4 is 59.3 Å². The van der Waals surface area contributed by atoms with Gasteiger partial charge in [-0.25, -0.2) is 0 Å². The number of carboxylic acid groups (broad SMARTS) is 1. The number of carbonyl (C=O) groups is 11. The van der Waals surface area contributed by atoms with Gasteiger partial charge in [0.15, 0.2) is 11.7 Å². The summed E-state index contributed by atoms with van der Waals surface area (Å²) in [4.78, 5) is 151. The number of fused-ring (bicyclic) bond motifs is 6. The lowest BCUT2D eigenvalue weighted by Gasteiger charge is -2.26. The highest BCUT2D eigenvalue weighted by Crippen LogP contribution is 2.17. The fourth-order valence-electron chi connectivity index (χ4n) is 6.64. The Labute approximate surface area is 411 Å². The Bertz CT molecular complexity index is 2030. The average molecular weight is 1020 g/mol. The van der Waals surface area contributed by atoms with Gasteiger partial charge < -0.3 is 64.4 Å². The van der Waals surface area contributed by atoms with E-state index in [9.17, 15) is 57.8 Å². The lowest BCUT2D eigenvalue weighted by Crippen LogP contribution is -2.59. The van der Waals surface area contributed by atoms with E-state index in [4.69, 9.17) is 11.5 Å². The number of rotatable bonds is 14. The van der Waals surface area contributed by atoms with E-state index in [1.165, 1.54) is 13.8 Å². The van der Waals surface area contributed by atoms with Crippen LogP contribution in [-0.2, 0) is 59.2 Å². The maximum atomic E-state index is 14.2. The van der Waals surface area contributed by atoms with Crippen molar-refractivity contribution in [2.75, 3.05) is 47.7 Å². The highest BCUT2D eigenvalue weighted by Gasteiger charge is 2.34. The van der Waals surface area contributed by atoms with Crippen molar-refractivity contribution in [2.45, 2.75) is 101 Å². The summed E-state index contributed by atoms with van der Waals surface area (Å²) in [6, 6.07) is -0.953. The lowest BCUT2D eigenvalue weighted by molar-refractivity contribution is -0.141. The van der Waals surface area contributed by atoms with Crippen LogP contribution in [0.3, 0.4) is 0 Å². The Balaban J connectivity index is 2.12. The molecule has 0 unspecified atom stereocenters. The van der Waals surface area contributed by atoms with Crippen molar-refractivity contribution >= 4 is 106 Å². The fraction of sp³-hybridized carbons (Fsp3) is 0.571. The maximum absolute atomic E-state index is 14.2. The van der Waals surface area contributed by atoms with Crippen LogP contribution in [0.4, 0.5) is 0 Å². The number of carboxylic acids is 1. The number of carbonyl (C=O) groups excluding carboxylic acids is 10. The van der Waals surface area contributed by atoms with Crippen LogP contribution in [0.5, 0.6) is 0 Å². The number of benzene rings is 1. The molecule has 7 atom stereocenters. The number of aliphatic imine (C=N–C) groups is 1. The molecule has 2 heterocycles. The molecule has 1 aromatic rings. The van der Waals surface area contributed by atoms with Gasteiger partial charge in [0.1, 0.15) is 36.3 Å². The van der Waals surface area contributed by atoms with E-state index in [-0.39, 0.29) is 72.2 Å². The maximum Gasteiger partial charge on any atom is 0.305 e. The topological polar surface area (TPSA) is 381 Å². The summed E-state index contributed by atoms with van der Waals surface area (Å²) in [5, 5.41) is 32.9. The molecule has 27 heteroatoms. The minimum Gasteiger partial charge on any atom is -0.481 e. The van der Waals surface area contributed by atoms with E-state index < -0.39 is 114 Å². The molecule has 0 aromatic heterocycles. The second-order valence-corrected chi connectivity index (χ2v) is 19.4. The van der Waals surface area contributed by atoms with Gasteiger partial charge in [-0.3, -0.25) is 57.7 Å². The van der Waals surface area contributed by atoms with Crippen LogP contribution in [0.25, 0.3) is 0 Å². The molecule has 69 heavy (non-hydrogen) atoms. The third-order valence-electron chi connectivity index (χ3n) is 10.2. The minimum atomic E-state index is -1.75. The van der Waals surface area contributed by atoms with Crippen LogP contribution in [0.15, 0.2) is 35.3 Å². The molecule has 0 saturated carbocycles. The van der Waals surface area contributed by atoms with E-state index in [1.807, 2.05) is 0 Å². The SMILES string of the molecule is CC(=O)NCCCC[C@@H]1NC(=O)CSC[C@@H](C(C)=O)NC(=O)[C@H](Cc2ccccc2)NC(=O)[C@@H]2CSCSC[C@H](NC1=O)C(=O)N[C@@H](CCCN=C(N)N)C(=O)NCC(=O)N[C@@H](CC(=O)O)C(=O)N2. The molecule has 0 spiro atoms. The van der Waals surface area contributed by atoms with Crippen LogP contribution in [0.1, 0.15) is 57.9 Å². The van der Waals surface area contributed by atoms with E-state index in [0.717, 1.165) is 35.3 Å². The molecule has 1 aromatic carbocycles. The highest BCUT2D eigenvalue weighted by atomic mass is 32.2. The second kappa shape index (κ2) is 30.4. The van der Waals surface area contributed by atoms with Crippen LogP contribution in [-0.4, -0.2) is 166 Å². The van der Waals surface area contributed by atoms with Gasteiger partial charge in [-0.15, -0.1) is 35.3 Å². The number of nitrogens with two attached hydrogens (primary N) is 2. The normalized spacial score (nSPS) is 24.3. The molecular formula is C42H62N12O12S3. The first-order valence-electron chi connectivity index (χ1n) is 22.0. The van der Waals surface area contributed by atoms with E-state index in [2.05, 4.69) is 52.8 Å². The number of ketones is 1.